The largest absolute Gasteiger partial charge is 0.312 e. The average Bonchev–Trinajstić information content (AvgIpc) is 2.34. The first kappa shape index (κ1) is 10.0. The van der Waals surface area contributed by atoms with Gasteiger partial charge in [-0.2, -0.15) is 0 Å². The molecule has 1 aliphatic carbocycles. The molecule has 12 heavy (non-hydrogen) atoms. The summed E-state index contributed by atoms with van der Waals surface area (Å²) in [6.07, 6.45) is 4.03. The van der Waals surface area contributed by atoms with E-state index < -0.39 is 0 Å². The highest BCUT2D eigenvalue weighted by Gasteiger charge is 2.25. The summed E-state index contributed by atoms with van der Waals surface area (Å²) in [4.78, 5) is 2.35. The maximum atomic E-state index is 3.60. The van der Waals surface area contributed by atoms with Gasteiger partial charge in [0.1, 0.15) is 0 Å². The fourth-order valence-electron chi connectivity index (χ4n) is 2.05. The van der Waals surface area contributed by atoms with Crippen LogP contribution in [-0.2, 0) is 0 Å². The van der Waals surface area contributed by atoms with Crippen molar-refractivity contribution in [1.29, 1.82) is 0 Å². The normalized spacial score (nSPS) is 30.5. The fourth-order valence-corrected chi connectivity index (χ4v) is 2.05. The minimum absolute atomic E-state index is 0.635. The van der Waals surface area contributed by atoms with Crippen molar-refractivity contribution in [3.8, 4) is 0 Å². The second-order valence-electron chi connectivity index (χ2n) is 4.45. The lowest BCUT2D eigenvalue weighted by Gasteiger charge is -2.20. The zero-order valence-corrected chi connectivity index (χ0v) is 8.80. The van der Waals surface area contributed by atoms with Crippen LogP contribution in [0, 0.1) is 0 Å². The Labute approximate surface area is 76.3 Å². The van der Waals surface area contributed by atoms with Gasteiger partial charge in [-0.3, -0.25) is 0 Å². The molecule has 0 bridgehead atoms. The van der Waals surface area contributed by atoms with Crippen LogP contribution >= 0.6 is 0 Å². The molecule has 0 aliphatic heterocycles. The van der Waals surface area contributed by atoms with Crippen LogP contribution in [0.4, 0.5) is 0 Å². The Morgan fingerprint density at radius 1 is 1.25 bits per heavy atom. The second-order valence-corrected chi connectivity index (χ2v) is 4.45. The highest BCUT2D eigenvalue weighted by Crippen LogP contribution is 2.22. The molecule has 0 heterocycles. The number of nitrogens with one attached hydrogen (secondary N) is 1. The lowest BCUT2D eigenvalue weighted by molar-refractivity contribution is 0.291. The van der Waals surface area contributed by atoms with Crippen LogP contribution in [0.25, 0.3) is 0 Å². The molecule has 0 spiro atoms. The lowest BCUT2D eigenvalue weighted by atomic mass is 10.2. The van der Waals surface area contributed by atoms with E-state index >= 15 is 0 Å². The molecule has 1 N–H and O–H groups in total. The molecule has 2 atom stereocenters. The van der Waals surface area contributed by atoms with E-state index in [4.69, 9.17) is 0 Å². The van der Waals surface area contributed by atoms with E-state index in [2.05, 4.69) is 38.2 Å². The summed E-state index contributed by atoms with van der Waals surface area (Å²) in [5, 5.41) is 3.60. The Morgan fingerprint density at radius 2 is 1.92 bits per heavy atom. The first-order valence-electron chi connectivity index (χ1n) is 5.02. The predicted molar refractivity (Wildman–Crippen MR) is 53.4 cm³/mol. The van der Waals surface area contributed by atoms with Gasteiger partial charge in [0.05, 0.1) is 0 Å². The van der Waals surface area contributed by atoms with Gasteiger partial charge in [-0.25, -0.2) is 0 Å². The van der Waals surface area contributed by atoms with E-state index in [-0.39, 0.29) is 0 Å². The van der Waals surface area contributed by atoms with E-state index in [0.29, 0.717) is 6.04 Å². The molecule has 1 saturated carbocycles. The molecule has 1 aliphatic rings. The van der Waals surface area contributed by atoms with Gasteiger partial charge in [-0.15, -0.1) is 0 Å². The molecule has 2 unspecified atom stereocenters. The minimum atomic E-state index is 0.635. The van der Waals surface area contributed by atoms with Crippen molar-refractivity contribution in [2.24, 2.45) is 0 Å². The molecule has 0 aromatic carbocycles. The van der Waals surface area contributed by atoms with Crippen LogP contribution in [-0.4, -0.2) is 37.1 Å². The number of rotatable bonds is 3. The zero-order chi connectivity index (χ0) is 9.14. The topological polar surface area (TPSA) is 15.3 Å². The van der Waals surface area contributed by atoms with Gasteiger partial charge in [0.2, 0.25) is 0 Å². The van der Waals surface area contributed by atoms with Crippen molar-refractivity contribution in [3.05, 3.63) is 0 Å². The van der Waals surface area contributed by atoms with Crippen molar-refractivity contribution in [3.63, 3.8) is 0 Å². The van der Waals surface area contributed by atoms with Gasteiger partial charge < -0.3 is 10.2 Å². The van der Waals surface area contributed by atoms with E-state index in [1.54, 1.807) is 0 Å². The quantitative estimate of drug-likeness (QED) is 0.690. The minimum Gasteiger partial charge on any atom is -0.312 e. The maximum Gasteiger partial charge on any atom is 0.0105 e. The molecule has 1 fully saturated rings. The Kier molecular flexibility index (Phi) is 3.53. The van der Waals surface area contributed by atoms with E-state index in [9.17, 15) is 0 Å². The van der Waals surface area contributed by atoms with Crippen LogP contribution in [0.1, 0.15) is 33.1 Å². The van der Waals surface area contributed by atoms with Crippen LogP contribution in [0.2, 0.25) is 0 Å². The Balaban J connectivity index is 2.26. The van der Waals surface area contributed by atoms with Crippen molar-refractivity contribution < 1.29 is 0 Å². The summed E-state index contributed by atoms with van der Waals surface area (Å²) in [7, 11) is 4.37. The van der Waals surface area contributed by atoms with Gasteiger partial charge >= 0.3 is 0 Å². The smallest absolute Gasteiger partial charge is 0.0105 e. The van der Waals surface area contributed by atoms with Crippen LogP contribution in [0.5, 0.6) is 0 Å². The monoisotopic (exact) mass is 170 g/mol. The first-order valence-corrected chi connectivity index (χ1v) is 5.02. The van der Waals surface area contributed by atoms with Crippen LogP contribution < -0.4 is 5.32 Å². The van der Waals surface area contributed by atoms with Crippen molar-refractivity contribution >= 4 is 0 Å². The molecule has 72 valence electrons. The lowest BCUT2D eigenvalue weighted by Crippen LogP contribution is -2.34. The summed E-state index contributed by atoms with van der Waals surface area (Å²) in [6.45, 7) is 4.45. The second kappa shape index (κ2) is 4.24. The molecule has 2 nitrogen and oxygen atoms in total. The third-order valence-electron chi connectivity index (χ3n) is 2.70. The van der Waals surface area contributed by atoms with Crippen molar-refractivity contribution in [2.75, 3.05) is 14.1 Å². The molecule has 1 rings (SSSR count). The third-order valence-corrected chi connectivity index (χ3v) is 2.70. The molecule has 0 amide bonds. The Bertz CT molecular complexity index is 132. The van der Waals surface area contributed by atoms with Crippen LogP contribution in [0.15, 0.2) is 0 Å². The highest BCUT2D eigenvalue weighted by molar-refractivity contribution is 4.85. The standard InChI is InChI=1S/C10H22N2/c1-8(2)11-9-5-6-10(7-9)12(3)4/h8-11H,5-7H2,1-4H3. The Hall–Kier alpha value is -0.0800. The molecule has 0 aromatic heterocycles. The van der Waals surface area contributed by atoms with Gasteiger partial charge in [-0.05, 0) is 33.4 Å². The third kappa shape index (κ3) is 2.76. The van der Waals surface area contributed by atoms with E-state index in [0.717, 1.165) is 12.1 Å². The molecule has 2 heteroatoms. The first-order chi connectivity index (χ1) is 5.59. The van der Waals surface area contributed by atoms with Crippen LogP contribution in [0.3, 0.4) is 0 Å². The summed E-state index contributed by atoms with van der Waals surface area (Å²) in [5.41, 5.74) is 0. The maximum absolute atomic E-state index is 3.60. The molecule has 0 radical (unpaired) electrons. The zero-order valence-electron chi connectivity index (χ0n) is 8.80. The van der Waals surface area contributed by atoms with E-state index in [1.807, 2.05) is 0 Å². The number of hydrogen-bond acceptors (Lipinski definition) is 2. The molecular formula is C10H22N2. The van der Waals surface area contributed by atoms with Gasteiger partial charge in [-0.1, -0.05) is 13.8 Å². The molecule has 0 saturated heterocycles. The highest BCUT2D eigenvalue weighted by atomic mass is 15.1. The Morgan fingerprint density at radius 3 is 2.33 bits per heavy atom. The van der Waals surface area contributed by atoms with E-state index in [1.165, 1.54) is 19.3 Å². The van der Waals surface area contributed by atoms with Gasteiger partial charge in [0.15, 0.2) is 0 Å². The van der Waals surface area contributed by atoms with Gasteiger partial charge in [0, 0.05) is 18.1 Å². The summed E-state index contributed by atoms with van der Waals surface area (Å²) in [6, 6.07) is 2.20. The summed E-state index contributed by atoms with van der Waals surface area (Å²) < 4.78 is 0. The molecular weight excluding hydrogens is 148 g/mol. The van der Waals surface area contributed by atoms with Crippen molar-refractivity contribution in [1.82, 2.24) is 10.2 Å². The number of hydrogen-bond donors (Lipinski definition) is 1. The molecule has 0 aromatic rings. The SMILES string of the molecule is CC(C)NC1CCC(N(C)C)C1. The predicted octanol–water partition coefficient (Wildman–Crippen LogP) is 1.47. The average molecular weight is 170 g/mol. The summed E-state index contributed by atoms with van der Waals surface area (Å²) in [5.74, 6) is 0. The summed E-state index contributed by atoms with van der Waals surface area (Å²) >= 11 is 0. The van der Waals surface area contributed by atoms with Gasteiger partial charge in [0.25, 0.3) is 0 Å². The number of nitrogens with zero attached hydrogens (tertiary/aromatic N) is 1. The fraction of sp³-hybridized carbons (Fsp3) is 1.00. The van der Waals surface area contributed by atoms with Crippen molar-refractivity contribution in [2.45, 2.75) is 51.2 Å².